The zero-order chi connectivity index (χ0) is 54.5. The van der Waals surface area contributed by atoms with E-state index >= 15 is 0 Å². The van der Waals surface area contributed by atoms with Gasteiger partial charge in [-0.1, -0.05) is 69.3 Å². The number of aliphatic hydroxyl groups excluding tert-OH is 1. The number of carbonyl (C=O) groups is 5. The van der Waals surface area contributed by atoms with Crippen molar-refractivity contribution in [1.29, 1.82) is 0 Å². The Hall–Kier alpha value is -5.61. The lowest BCUT2D eigenvalue weighted by Crippen LogP contribution is -2.59. The van der Waals surface area contributed by atoms with Gasteiger partial charge in [0.15, 0.2) is 11.5 Å². The third-order valence-corrected chi connectivity index (χ3v) is 17.7. The second-order valence-corrected chi connectivity index (χ2v) is 24.4. The monoisotopic (exact) mass is 1100 g/mol. The Kier molecular flexibility index (Phi) is 17.8. The summed E-state index contributed by atoms with van der Waals surface area (Å²) in [7, 11) is 0. The van der Waals surface area contributed by atoms with Crippen molar-refractivity contribution in [3.63, 3.8) is 0 Å². The van der Waals surface area contributed by atoms with Crippen LogP contribution in [0.5, 0.6) is 5.75 Å². The maximum absolute atomic E-state index is 14.7. The van der Waals surface area contributed by atoms with Gasteiger partial charge in [0.05, 0.1) is 45.7 Å². The minimum absolute atomic E-state index is 0.00926. The molecule has 76 heavy (non-hydrogen) atoms. The number of nitrogen functional groups attached to an aromatic ring is 1. The fraction of sp³-hybridized carbons (Fsp3) is 0.556. The number of aromatic nitrogens is 3. The molecule has 3 atom stereocenters. The summed E-state index contributed by atoms with van der Waals surface area (Å²) in [5.74, 6) is -0.667. The van der Waals surface area contributed by atoms with Gasteiger partial charge in [-0.05, 0) is 105 Å². The number of rotatable bonds is 19. The van der Waals surface area contributed by atoms with Gasteiger partial charge in [-0.15, -0.1) is 11.3 Å². The fourth-order valence-corrected chi connectivity index (χ4v) is 11.8. The zero-order valence-electron chi connectivity index (χ0n) is 44.0. The highest BCUT2D eigenvalue weighted by Crippen LogP contribution is 2.42. The lowest BCUT2D eigenvalue weighted by atomic mass is 9.80. The van der Waals surface area contributed by atoms with Crippen molar-refractivity contribution in [3.05, 3.63) is 64.4 Å². The van der Waals surface area contributed by atoms with Crippen LogP contribution in [0.15, 0.2) is 58.0 Å². The topological polar surface area (TPSA) is 251 Å². The number of nitrogens with two attached hydrogens (primary N) is 2. The molecule has 4 aliphatic rings. The molecular formula is C54H71ClFN11O7S2. The normalized spacial score (nSPS) is 19.7. The largest absolute Gasteiger partial charge is 0.493 e. The van der Waals surface area contributed by atoms with Gasteiger partial charge in [0.2, 0.25) is 23.6 Å². The summed E-state index contributed by atoms with van der Waals surface area (Å²) < 4.78 is 21.1. The SMILES string of the molecule is Cc1ncsc1-c1ccc(CNC(=O)[C@@H]2C[C@@H](O)CN2C(=O)[C@@H](NC(=O)C2(F)CC2)C(C)(C)C)c(OCCCC2CCN(C(=O)CC(=O)Nc3cccc(Sc4ncc(N5CCC(C)(CN)CC5)nc4N)c3Cl)CC2)c1. The molecule has 8 rings (SSSR count). The standard InChI is InChI=1S/C54H71ClFN11O7S2/c1-32-45(75-31-61-32)34-11-12-35(27-59-48(71)38-25-36(68)29-67(38)50(72)46(52(2,3)4)64-51(73)54(56)15-16-54)39(24-34)74-23-7-8-33-13-19-66(20-14-33)43(70)26-42(69)62-37-9-6-10-40(44(37)55)76-49-47(58)63-41(28-60-49)65-21-17-53(5,30-57)18-22-65/h6,9-12,24,28,31,33,36,38,46,68H,7-8,13-23,25-27,29-30,57H2,1-5H3,(H2,58,63)(H,59,71)(H,62,69)(H,64,73)/t36-,38+,46-/m1/s1. The number of hydrogen-bond acceptors (Lipinski definition) is 15. The summed E-state index contributed by atoms with van der Waals surface area (Å²) in [4.78, 5) is 87.6. The van der Waals surface area contributed by atoms with Gasteiger partial charge in [-0.25, -0.2) is 19.3 Å². The molecule has 22 heteroatoms. The van der Waals surface area contributed by atoms with Crippen molar-refractivity contribution >= 4 is 81.6 Å². The van der Waals surface area contributed by atoms with E-state index in [4.69, 9.17) is 27.8 Å². The van der Waals surface area contributed by atoms with Crippen molar-refractivity contribution in [2.75, 3.05) is 61.8 Å². The summed E-state index contributed by atoms with van der Waals surface area (Å²) in [5.41, 5.74) is 14.4. The van der Waals surface area contributed by atoms with Gasteiger partial charge in [0.1, 0.15) is 35.1 Å². The fourth-order valence-electron chi connectivity index (χ4n) is 9.93. The minimum atomic E-state index is -1.99. The predicted molar refractivity (Wildman–Crippen MR) is 293 cm³/mol. The molecule has 4 aromatic rings. The van der Waals surface area contributed by atoms with Crippen molar-refractivity contribution in [2.45, 2.75) is 139 Å². The number of likely N-dealkylation sites (tertiary alicyclic amines) is 2. The summed E-state index contributed by atoms with van der Waals surface area (Å²) in [5, 5.41) is 19.8. The molecule has 2 aromatic heterocycles. The van der Waals surface area contributed by atoms with Crippen molar-refractivity contribution < 1.29 is 38.2 Å². The highest BCUT2D eigenvalue weighted by Gasteiger charge is 2.53. The van der Waals surface area contributed by atoms with Crippen LogP contribution in [0.1, 0.15) is 103 Å². The van der Waals surface area contributed by atoms with E-state index in [1.807, 2.05) is 25.1 Å². The van der Waals surface area contributed by atoms with E-state index in [1.165, 1.54) is 28.0 Å². The number of thiazole rings is 1. The first kappa shape index (κ1) is 56.6. The highest BCUT2D eigenvalue weighted by atomic mass is 35.5. The molecule has 0 unspecified atom stereocenters. The van der Waals surface area contributed by atoms with E-state index in [2.05, 4.69) is 42.7 Å². The quantitative estimate of drug-likeness (QED) is 0.0413. The smallest absolute Gasteiger partial charge is 0.258 e. The lowest BCUT2D eigenvalue weighted by Gasteiger charge is -2.39. The van der Waals surface area contributed by atoms with E-state index in [9.17, 15) is 33.5 Å². The first-order valence-corrected chi connectivity index (χ1v) is 28.2. The molecular weight excluding hydrogens is 1030 g/mol. The van der Waals surface area contributed by atoms with Gasteiger partial charge in [-0.2, -0.15) is 0 Å². The van der Waals surface area contributed by atoms with Crippen LogP contribution in [0.3, 0.4) is 0 Å². The summed E-state index contributed by atoms with van der Waals surface area (Å²) in [6.45, 7) is 13.1. The second kappa shape index (κ2) is 24.0. The minimum Gasteiger partial charge on any atom is -0.493 e. The number of carbonyl (C=O) groups excluding carboxylic acids is 5. The number of alkyl halides is 1. The Bertz CT molecular complexity index is 2780. The van der Waals surface area contributed by atoms with Gasteiger partial charge < -0.3 is 52.0 Å². The van der Waals surface area contributed by atoms with Crippen LogP contribution in [0.4, 0.5) is 21.7 Å². The molecule has 0 radical (unpaired) electrons. The Morgan fingerprint density at radius 2 is 1.79 bits per heavy atom. The average molecular weight is 1100 g/mol. The number of nitrogens with one attached hydrogen (secondary N) is 3. The van der Waals surface area contributed by atoms with E-state index in [-0.39, 0.29) is 55.9 Å². The third-order valence-electron chi connectivity index (χ3n) is 15.2. The second-order valence-electron chi connectivity index (χ2n) is 22.1. The average Bonchev–Trinajstić information content (AvgIpc) is 3.80. The van der Waals surface area contributed by atoms with Crippen LogP contribution in [-0.2, 0) is 30.5 Å². The summed E-state index contributed by atoms with van der Waals surface area (Å²) >= 11 is 9.55. The number of halogens is 2. The zero-order valence-corrected chi connectivity index (χ0v) is 46.4. The molecule has 0 spiro atoms. The van der Waals surface area contributed by atoms with Crippen molar-refractivity contribution in [1.82, 2.24) is 35.4 Å². The molecule has 1 saturated carbocycles. The Morgan fingerprint density at radius 1 is 1.05 bits per heavy atom. The molecule has 410 valence electrons. The number of β-amino-alcohol motifs (C(OH)–C–C–N with tert-alkyl or cyclic N) is 1. The number of aliphatic hydroxyl groups is 1. The first-order valence-electron chi connectivity index (χ1n) is 26.2. The molecule has 3 aliphatic heterocycles. The van der Waals surface area contributed by atoms with Gasteiger partial charge >= 0.3 is 0 Å². The number of hydrogen-bond donors (Lipinski definition) is 6. The lowest BCUT2D eigenvalue weighted by molar-refractivity contribution is -0.145. The molecule has 3 saturated heterocycles. The molecule has 5 amide bonds. The molecule has 0 bridgehead atoms. The first-order chi connectivity index (χ1) is 36.1. The number of aryl methyl sites for hydroxylation is 1. The summed E-state index contributed by atoms with van der Waals surface area (Å²) in [6, 6.07) is 8.92. The maximum Gasteiger partial charge on any atom is 0.258 e. The molecule has 1 aliphatic carbocycles. The number of piperidine rings is 2. The van der Waals surface area contributed by atoms with Crippen LogP contribution in [0.25, 0.3) is 10.4 Å². The Morgan fingerprint density at radius 3 is 2.45 bits per heavy atom. The van der Waals surface area contributed by atoms with Crippen LogP contribution in [-0.4, -0.2) is 129 Å². The molecule has 5 heterocycles. The van der Waals surface area contributed by atoms with E-state index in [0.717, 1.165) is 67.7 Å². The Labute approximate surface area is 457 Å². The molecule has 4 fully saturated rings. The van der Waals surface area contributed by atoms with Crippen LogP contribution < -0.4 is 37.1 Å². The third kappa shape index (κ3) is 13.7. The number of amides is 5. The molecule has 2 aromatic carbocycles. The molecule has 8 N–H and O–H groups in total. The molecule has 18 nitrogen and oxygen atoms in total. The Balaban J connectivity index is 0.801. The van der Waals surface area contributed by atoms with Crippen molar-refractivity contribution in [2.24, 2.45) is 22.5 Å². The van der Waals surface area contributed by atoms with Gasteiger partial charge in [-0.3, -0.25) is 24.0 Å². The van der Waals surface area contributed by atoms with E-state index in [0.29, 0.717) is 69.9 Å². The number of ether oxygens (including phenoxy) is 1. The number of benzene rings is 2. The van der Waals surface area contributed by atoms with Gasteiger partial charge in [0, 0.05) is 56.1 Å². The predicted octanol–water partition coefficient (Wildman–Crippen LogP) is 6.90. The van der Waals surface area contributed by atoms with Crippen LogP contribution in [0, 0.1) is 23.7 Å². The number of anilines is 3. The van der Waals surface area contributed by atoms with Crippen LogP contribution in [0.2, 0.25) is 5.02 Å². The van der Waals surface area contributed by atoms with E-state index < -0.39 is 52.9 Å². The highest BCUT2D eigenvalue weighted by molar-refractivity contribution is 7.99. The van der Waals surface area contributed by atoms with Crippen molar-refractivity contribution in [3.8, 4) is 16.2 Å². The van der Waals surface area contributed by atoms with E-state index in [1.54, 1.807) is 55.6 Å². The number of nitrogens with zero attached hydrogens (tertiary/aromatic N) is 6. The maximum atomic E-state index is 14.7. The van der Waals surface area contributed by atoms with Crippen LogP contribution >= 0.6 is 34.7 Å². The summed E-state index contributed by atoms with van der Waals surface area (Å²) in [6.07, 6.45) is 5.71. The van der Waals surface area contributed by atoms with Gasteiger partial charge in [0.25, 0.3) is 5.91 Å².